The van der Waals surface area contributed by atoms with Crippen LogP contribution in [0.1, 0.15) is 5.56 Å². The van der Waals surface area contributed by atoms with E-state index in [0.717, 1.165) is 5.56 Å². The van der Waals surface area contributed by atoms with Crippen LogP contribution in [0.25, 0.3) is 11.2 Å². The summed E-state index contributed by atoms with van der Waals surface area (Å²) in [5, 5.41) is 13.9. The van der Waals surface area contributed by atoms with E-state index in [1.807, 2.05) is 36.4 Å². The van der Waals surface area contributed by atoms with Crippen molar-refractivity contribution in [2.24, 2.45) is 7.05 Å². The average molecular weight is 496 g/mol. The maximum absolute atomic E-state index is 12.7. The standard InChI is InChI=1S/C25H29N5O6/c1-29-22-21(23(32)28-25(29)33)30(14-17(31)15-36-18-7-5-4-6-8-18)24(27-22)26-12-11-16-9-10-19(34-2)20(13-16)35-3/h4-10,13,17,31H,11-12,14-15H2,1-3H3,(H,26,27)(H,28,32,33)/t17-/m1/s1. The molecule has 0 unspecified atom stereocenters. The number of fused-ring (bicyclic) bond motifs is 1. The van der Waals surface area contributed by atoms with Crippen molar-refractivity contribution >= 4 is 17.1 Å². The lowest BCUT2D eigenvalue weighted by atomic mass is 10.1. The van der Waals surface area contributed by atoms with Crippen LogP contribution < -0.4 is 30.8 Å². The first-order valence-corrected chi connectivity index (χ1v) is 11.4. The Morgan fingerprint density at radius 1 is 1.08 bits per heavy atom. The maximum atomic E-state index is 12.7. The molecule has 0 fully saturated rings. The predicted octanol–water partition coefficient (Wildman–Crippen LogP) is 1.54. The Kier molecular flexibility index (Phi) is 7.59. The lowest BCUT2D eigenvalue weighted by Gasteiger charge is -2.16. The number of benzene rings is 2. The molecule has 4 rings (SSSR count). The molecule has 3 N–H and O–H groups in total. The first-order valence-electron chi connectivity index (χ1n) is 11.4. The number of rotatable bonds is 11. The molecule has 0 aliphatic heterocycles. The van der Waals surface area contributed by atoms with Gasteiger partial charge in [-0.3, -0.25) is 14.3 Å². The van der Waals surface area contributed by atoms with E-state index in [4.69, 9.17) is 14.2 Å². The monoisotopic (exact) mass is 495 g/mol. The lowest BCUT2D eigenvalue weighted by molar-refractivity contribution is 0.0938. The Morgan fingerprint density at radius 2 is 1.83 bits per heavy atom. The van der Waals surface area contributed by atoms with Crippen molar-refractivity contribution in [1.29, 1.82) is 0 Å². The molecule has 0 spiro atoms. The fraction of sp³-hybridized carbons (Fsp3) is 0.320. The van der Waals surface area contributed by atoms with Gasteiger partial charge in [0.1, 0.15) is 18.5 Å². The van der Waals surface area contributed by atoms with Crippen molar-refractivity contribution in [1.82, 2.24) is 19.1 Å². The molecule has 0 saturated carbocycles. The van der Waals surface area contributed by atoms with Crippen LogP contribution in [0.5, 0.6) is 17.2 Å². The number of hydrogen-bond donors (Lipinski definition) is 3. The summed E-state index contributed by atoms with van der Waals surface area (Å²) in [6.45, 7) is 0.517. The summed E-state index contributed by atoms with van der Waals surface area (Å²) in [7, 11) is 4.69. The summed E-state index contributed by atoms with van der Waals surface area (Å²) in [6.07, 6.45) is -0.316. The van der Waals surface area contributed by atoms with Gasteiger partial charge in [0.15, 0.2) is 22.7 Å². The molecule has 0 aliphatic rings. The molecule has 4 aromatic rings. The number of H-pyrrole nitrogens is 1. The van der Waals surface area contributed by atoms with Crippen molar-refractivity contribution in [2.75, 3.05) is 32.7 Å². The van der Waals surface area contributed by atoms with Crippen LogP contribution in [0.3, 0.4) is 0 Å². The van der Waals surface area contributed by atoms with E-state index in [1.165, 1.54) is 11.6 Å². The highest BCUT2D eigenvalue weighted by molar-refractivity contribution is 5.74. The number of ether oxygens (including phenoxy) is 3. The number of anilines is 1. The van der Waals surface area contributed by atoms with E-state index in [-0.39, 0.29) is 24.3 Å². The van der Waals surface area contributed by atoms with Gasteiger partial charge >= 0.3 is 5.69 Å². The van der Waals surface area contributed by atoms with Crippen LogP contribution in [0.2, 0.25) is 0 Å². The second kappa shape index (κ2) is 11.0. The summed E-state index contributed by atoms with van der Waals surface area (Å²) in [5.74, 6) is 2.25. The molecule has 2 aromatic heterocycles. The topological polar surface area (TPSA) is 133 Å². The third kappa shape index (κ3) is 5.36. The summed E-state index contributed by atoms with van der Waals surface area (Å²) in [6, 6.07) is 14.8. The zero-order valence-corrected chi connectivity index (χ0v) is 20.4. The van der Waals surface area contributed by atoms with Crippen molar-refractivity contribution in [3.63, 3.8) is 0 Å². The molecule has 11 nitrogen and oxygen atoms in total. The first-order chi connectivity index (χ1) is 17.4. The highest BCUT2D eigenvalue weighted by atomic mass is 16.5. The second-order valence-electron chi connectivity index (χ2n) is 8.18. The number of para-hydroxylation sites is 1. The van der Waals surface area contributed by atoms with Crippen LogP contribution in [0, 0.1) is 0 Å². The first kappa shape index (κ1) is 24.9. The highest BCUT2D eigenvalue weighted by Gasteiger charge is 2.20. The highest BCUT2D eigenvalue weighted by Crippen LogP contribution is 2.27. The van der Waals surface area contributed by atoms with Crippen LogP contribution in [-0.4, -0.2) is 57.7 Å². The van der Waals surface area contributed by atoms with E-state index < -0.39 is 17.4 Å². The Bertz CT molecular complexity index is 1440. The van der Waals surface area contributed by atoms with E-state index >= 15 is 0 Å². The van der Waals surface area contributed by atoms with Gasteiger partial charge in [-0.2, -0.15) is 4.98 Å². The lowest BCUT2D eigenvalue weighted by Crippen LogP contribution is -2.31. The molecular weight excluding hydrogens is 466 g/mol. The molecule has 2 heterocycles. The number of methoxy groups -OCH3 is 2. The second-order valence-corrected chi connectivity index (χ2v) is 8.18. The summed E-state index contributed by atoms with van der Waals surface area (Å²) in [4.78, 5) is 31.6. The SMILES string of the molecule is COc1ccc(CCNc2nc3c(c(=O)[nH]c(=O)n3C)n2C[C@@H](O)COc2ccccc2)cc1OC. The number of nitrogens with one attached hydrogen (secondary N) is 2. The van der Waals surface area contributed by atoms with Gasteiger partial charge in [-0.05, 0) is 36.2 Å². The minimum atomic E-state index is -0.939. The van der Waals surface area contributed by atoms with Gasteiger partial charge in [-0.25, -0.2) is 4.79 Å². The molecule has 190 valence electrons. The van der Waals surface area contributed by atoms with Crippen molar-refractivity contribution < 1.29 is 19.3 Å². The van der Waals surface area contributed by atoms with E-state index in [1.54, 1.807) is 30.9 Å². The van der Waals surface area contributed by atoms with Gasteiger partial charge in [0.05, 0.1) is 20.8 Å². The number of nitrogens with zero attached hydrogens (tertiary/aromatic N) is 3. The zero-order chi connectivity index (χ0) is 25.7. The Labute approximate surface area is 206 Å². The molecule has 0 saturated heterocycles. The number of aromatic nitrogens is 4. The van der Waals surface area contributed by atoms with Crippen molar-refractivity contribution in [2.45, 2.75) is 19.1 Å². The minimum Gasteiger partial charge on any atom is -0.493 e. The number of hydrogen-bond acceptors (Lipinski definition) is 8. The fourth-order valence-corrected chi connectivity index (χ4v) is 3.87. The normalized spacial score (nSPS) is 11.9. The molecule has 2 aromatic carbocycles. The Balaban J connectivity index is 1.56. The molecule has 0 amide bonds. The number of aliphatic hydroxyl groups excluding tert-OH is 1. The summed E-state index contributed by atoms with van der Waals surface area (Å²) < 4.78 is 19.1. The third-order valence-corrected chi connectivity index (χ3v) is 5.73. The smallest absolute Gasteiger partial charge is 0.329 e. The van der Waals surface area contributed by atoms with Crippen LogP contribution >= 0.6 is 0 Å². The minimum absolute atomic E-state index is 0.0123. The quantitative estimate of drug-likeness (QED) is 0.285. The summed E-state index contributed by atoms with van der Waals surface area (Å²) in [5.41, 5.74) is 0.258. The van der Waals surface area contributed by atoms with Crippen molar-refractivity contribution in [3.05, 3.63) is 74.9 Å². The molecule has 0 aliphatic carbocycles. The van der Waals surface area contributed by atoms with E-state index in [2.05, 4.69) is 15.3 Å². The van der Waals surface area contributed by atoms with Crippen LogP contribution in [0.4, 0.5) is 5.95 Å². The number of aryl methyl sites for hydroxylation is 1. The third-order valence-electron chi connectivity index (χ3n) is 5.73. The average Bonchev–Trinajstić information content (AvgIpc) is 3.25. The fourth-order valence-electron chi connectivity index (χ4n) is 3.87. The molecule has 11 heteroatoms. The molecule has 0 bridgehead atoms. The van der Waals surface area contributed by atoms with Crippen LogP contribution in [-0.2, 0) is 20.0 Å². The van der Waals surface area contributed by atoms with Crippen LogP contribution in [0.15, 0.2) is 58.1 Å². The van der Waals surface area contributed by atoms with Gasteiger partial charge < -0.3 is 29.2 Å². The Hall–Kier alpha value is -4.25. The summed E-state index contributed by atoms with van der Waals surface area (Å²) >= 11 is 0. The molecule has 0 radical (unpaired) electrons. The van der Waals surface area contributed by atoms with E-state index in [9.17, 15) is 14.7 Å². The molecule has 36 heavy (non-hydrogen) atoms. The number of aromatic amines is 1. The van der Waals surface area contributed by atoms with Gasteiger partial charge in [-0.15, -0.1) is 0 Å². The van der Waals surface area contributed by atoms with Gasteiger partial charge in [0.2, 0.25) is 5.95 Å². The van der Waals surface area contributed by atoms with Gasteiger partial charge in [0, 0.05) is 13.6 Å². The van der Waals surface area contributed by atoms with Gasteiger partial charge in [0.25, 0.3) is 5.56 Å². The largest absolute Gasteiger partial charge is 0.493 e. The predicted molar refractivity (Wildman–Crippen MR) is 135 cm³/mol. The maximum Gasteiger partial charge on any atom is 0.329 e. The van der Waals surface area contributed by atoms with Gasteiger partial charge in [-0.1, -0.05) is 24.3 Å². The molecule has 1 atom stereocenters. The zero-order valence-electron chi connectivity index (χ0n) is 20.4. The number of aliphatic hydroxyl groups is 1. The molecular formula is C25H29N5O6. The van der Waals surface area contributed by atoms with Crippen molar-refractivity contribution in [3.8, 4) is 17.2 Å². The Morgan fingerprint density at radius 3 is 2.56 bits per heavy atom. The number of imidazole rings is 1. The van der Waals surface area contributed by atoms with E-state index in [0.29, 0.717) is 36.2 Å².